The molecule has 0 fully saturated rings. The van der Waals surface area contributed by atoms with Crippen molar-refractivity contribution in [1.29, 1.82) is 0 Å². The molecule has 2 N–H and O–H groups in total. The van der Waals surface area contributed by atoms with Crippen LogP contribution in [0.5, 0.6) is 11.5 Å². The Morgan fingerprint density at radius 1 is 1.29 bits per heavy atom. The maximum absolute atomic E-state index is 11.9. The van der Waals surface area contributed by atoms with Gasteiger partial charge >= 0.3 is 0 Å². The summed E-state index contributed by atoms with van der Waals surface area (Å²) in [6.45, 7) is 0. The van der Waals surface area contributed by atoms with E-state index in [1.807, 2.05) is 12.1 Å². The number of nitrogens with one attached hydrogen (secondary N) is 1. The summed E-state index contributed by atoms with van der Waals surface area (Å²) in [6.07, 6.45) is 1.71. The summed E-state index contributed by atoms with van der Waals surface area (Å²) in [5.41, 5.74) is 1.39. The SMILES string of the molecule is COc1ccc(NS(=O)/C=C/c2cccc(Cl)c2)cc1O. The second kappa shape index (κ2) is 7.15. The summed E-state index contributed by atoms with van der Waals surface area (Å²) >= 11 is 5.87. The highest BCUT2D eigenvalue weighted by molar-refractivity contribution is 7.89. The van der Waals surface area contributed by atoms with Gasteiger partial charge in [0.25, 0.3) is 0 Å². The van der Waals surface area contributed by atoms with Crippen molar-refractivity contribution in [2.24, 2.45) is 0 Å². The third-order valence-corrected chi connectivity index (χ3v) is 3.69. The first-order chi connectivity index (χ1) is 10.1. The van der Waals surface area contributed by atoms with E-state index in [-0.39, 0.29) is 5.75 Å². The number of halogens is 1. The largest absolute Gasteiger partial charge is 0.504 e. The van der Waals surface area contributed by atoms with Gasteiger partial charge in [0, 0.05) is 16.5 Å². The zero-order valence-corrected chi connectivity index (χ0v) is 12.8. The molecule has 21 heavy (non-hydrogen) atoms. The van der Waals surface area contributed by atoms with Crippen LogP contribution in [0.4, 0.5) is 5.69 Å². The molecule has 0 saturated heterocycles. The van der Waals surface area contributed by atoms with Crippen molar-refractivity contribution < 1.29 is 14.1 Å². The van der Waals surface area contributed by atoms with Gasteiger partial charge in [-0.05, 0) is 35.9 Å². The fourth-order valence-electron chi connectivity index (χ4n) is 1.65. The Morgan fingerprint density at radius 2 is 2.10 bits per heavy atom. The van der Waals surface area contributed by atoms with Crippen molar-refractivity contribution in [3.05, 3.63) is 58.5 Å². The Hall–Kier alpha value is -1.98. The Morgan fingerprint density at radius 3 is 2.76 bits per heavy atom. The van der Waals surface area contributed by atoms with Crippen LogP contribution in [0.3, 0.4) is 0 Å². The van der Waals surface area contributed by atoms with E-state index in [2.05, 4.69) is 4.72 Å². The summed E-state index contributed by atoms with van der Waals surface area (Å²) in [4.78, 5) is 0. The van der Waals surface area contributed by atoms with Crippen molar-refractivity contribution in [2.75, 3.05) is 11.8 Å². The van der Waals surface area contributed by atoms with Crippen molar-refractivity contribution in [1.82, 2.24) is 0 Å². The van der Waals surface area contributed by atoms with Gasteiger partial charge in [0.15, 0.2) is 11.5 Å². The maximum atomic E-state index is 11.9. The van der Waals surface area contributed by atoms with E-state index >= 15 is 0 Å². The van der Waals surface area contributed by atoms with Crippen LogP contribution >= 0.6 is 11.6 Å². The third kappa shape index (κ3) is 4.51. The van der Waals surface area contributed by atoms with Crippen molar-refractivity contribution in [2.45, 2.75) is 0 Å². The number of phenols is 1. The Labute approximate surface area is 130 Å². The lowest BCUT2D eigenvalue weighted by Crippen LogP contribution is -2.00. The normalized spacial score (nSPS) is 12.3. The van der Waals surface area contributed by atoms with Crippen LogP contribution in [-0.2, 0) is 11.0 Å². The smallest absolute Gasteiger partial charge is 0.160 e. The van der Waals surface area contributed by atoms with Gasteiger partial charge in [-0.25, -0.2) is 4.21 Å². The first-order valence-corrected chi connectivity index (χ1v) is 7.65. The van der Waals surface area contributed by atoms with E-state index in [1.165, 1.54) is 18.6 Å². The summed E-state index contributed by atoms with van der Waals surface area (Å²) in [7, 11) is 0.0458. The molecule has 0 aromatic heterocycles. The molecular weight excluding hydrogens is 310 g/mol. The number of ether oxygens (including phenoxy) is 1. The topological polar surface area (TPSA) is 58.6 Å². The highest BCUT2D eigenvalue weighted by Crippen LogP contribution is 2.28. The van der Waals surface area contributed by atoms with Crippen molar-refractivity contribution in [3.8, 4) is 11.5 Å². The van der Waals surface area contributed by atoms with Gasteiger partial charge < -0.3 is 14.6 Å². The molecule has 1 atom stereocenters. The summed E-state index contributed by atoms with van der Waals surface area (Å²) in [5, 5.41) is 11.8. The van der Waals surface area contributed by atoms with Crippen LogP contribution in [0, 0.1) is 0 Å². The second-order valence-electron chi connectivity index (χ2n) is 4.14. The van der Waals surface area contributed by atoms with E-state index < -0.39 is 11.0 Å². The molecular formula is C15H14ClNO3S. The standard InChI is InChI=1S/C15H14ClNO3S/c1-20-15-6-5-13(10-14(15)18)17-21(19)8-7-11-3-2-4-12(16)9-11/h2-10,17-18H,1H3/b8-7+. The van der Waals surface area contributed by atoms with E-state index in [0.717, 1.165) is 5.56 Å². The molecule has 0 bridgehead atoms. The van der Waals surface area contributed by atoms with Gasteiger partial charge in [-0.15, -0.1) is 0 Å². The lowest BCUT2D eigenvalue weighted by molar-refractivity contribution is 0.373. The molecule has 2 aromatic rings. The minimum Gasteiger partial charge on any atom is -0.504 e. The van der Waals surface area contributed by atoms with Crippen LogP contribution < -0.4 is 9.46 Å². The first kappa shape index (κ1) is 15.4. The molecule has 2 aromatic carbocycles. The van der Waals surface area contributed by atoms with Gasteiger partial charge in [0.2, 0.25) is 0 Å². The molecule has 6 heteroatoms. The Kier molecular flexibility index (Phi) is 5.25. The minimum absolute atomic E-state index is 0.0154. The van der Waals surface area contributed by atoms with Gasteiger partial charge in [-0.2, -0.15) is 0 Å². The molecule has 0 spiro atoms. The first-order valence-electron chi connectivity index (χ1n) is 6.06. The summed E-state index contributed by atoms with van der Waals surface area (Å²) in [5.74, 6) is 0.346. The van der Waals surface area contributed by atoms with Crippen LogP contribution in [-0.4, -0.2) is 16.4 Å². The van der Waals surface area contributed by atoms with E-state index in [4.69, 9.17) is 16.3 Å². The molecule has 0 amide bonds. The third-order valence-electron chi connectivity index (χ3n) is 2.63. The van der Waals surface area contributed by atoms with Crippen LogP contribution in [0.25, 0.3) is 6.08 Å². The highest BCUT2D eigenvalue weighted by atomic mass is 35.5. The lowest BCUT2D eigenvalue weighted by atomic mass is 10.2. The highest BCUT2D eigenvalue weighted by Gasteiger charge is 2.03. The number of rotatable bonds is 5. The predicted octanol–water partition coefficient (Wildman–Crippen LogP) is 3.80. The number of anilines is 1. The summed E-state index contributed by atoms with van der Waals surface area (Å²) < 4.78 is 19.6. The number of hydrogen-bond acceptors (Lipinski definition) is 3. The molecule has 0 saturated carbocycles. The van der Waals surface area contributed by atoms with Crippen molar-refractivity contribution in [3.63, 3.8) is 0 Å². The second-order valence-corrected chi connectivity index (χ2v) is 5.65. The molecule has 1 unspecified atom stereocenters. The number of aromatic hydroxyl groups is 1. The molecule has 0 aliphatic rings. The average Bonchev–Trinajstić information content (AvgIpc) is 2.45. The zero-order chi connectivity index (χ0) is 15.2. The number of phenolic OH excluding ortho intramolecular Hbond substituents is 1. The van der Waals surface area contributed by atoms with Gasteiger partial charge in [-0.1, -0.05) is 23.7 Å². The zero-order valence-electron chi connectivity index (χ0n) is 11.2. The van der Waals surface area contributed by atoms with E-state index in [9.17, 15) is 9.32 Å². The minimum atomic E-state index is -1.42. The number of hydrogen-bond donors (Lipinski definition) is 2. The quantitative estimate of drug-likeness (QED) is 0.880. The maximum Gasteiger partial charge on any atom is 0.160 e. The molecule has 0 radical (unpaired) electrons. The van der Waals surface area contributed by atoms with Crippen molar-refractivity contribution >= 4 is 34.3 Å². The Bertz CT molecular complexity index is 688. The molecule has 4 nitrogen and oxygen atoms in total. The fraction of sp³-hybridized carbons (Fsp3) is 0.0667. The van der Waals surface area contributed by atoms with Crippen LogP contribution in [0.1, 0.15) is 5.56 Å². The van der Waals surface area contributed by atoms with E-state index in [1.54, 1.807) is 30.3 Å². The van der Waals surface area contributed by atoms with Gasteiger partial charge in [0.1, 0.15) is 11.0 Å². The van der Waals surface area contributed by atoms with Crippen LogP contribution in [0.15, 0.2) is 47.9 Å². The molecule has 0 aliphatic carbocycles. The lowest BCUT2D eigenvalue weighted by Gasteiger charge is -2.06. The van der Waals surface area contributed by atoms with Gasteiger partial charge in [0.05, 0.1) is 12.8 Å². The molecule has 2 rings (SSSR count). The number of methoxy groups -OCH3 is 1. The van der Waals surface area contributed by atoms with Gasteiger partial charge in [-0.3, -0.25) is 0 Å². The number of benzene rings is 2. The van der Waals surface area contributed by atoms with E-state index in [0.29, 0.717) is 16.5 Å². The van der Waals surface area contributed by atoms with Crippen LogP contribution in [0.2, 0.25) is 5.02 Å². The molecule has 0 heterocycles. The molecule has 0 aliphatic heterocycles. The fourth-order valence-corrected chi connectivity index (χ4v) is 2.56. The molecule has 110 valence electrons. The monoisotopic (exact) mass is 323 g/mol. The summed E-state index contributed by atoms with van der Waals surface area (Å²) in [6, 6.07) is 11.9. The average molecular weight is 324 g/mol. The predicted molar refractivity (Wildman–Crippen MR) is 86.9 cm³/mol. The Balaban J connectivity index is 2.03.